The van der Waals surface area contributed by atoms with Crippen LogP contribution in [-0.4, -0.2) is 92.5 Å². The van der Waals surface area contributed by atoms with Crippen LogP contribution < -0.4 is 9.64 Å². The van der Waals surface area contributed by atoms with Crippen molar-refractivity contribution in [1.29, 1.82) is 0 Å². The molecule has 5 aliphatic rings. The molecule has 2 saturated carbocycles. The minimum Gasteiger partial charge on any atom is -0.434 e. The van der Waals surface area contributed by atoms with E-state index in [0.717, 1.165) is 63.2 Å². The van der Waals surface area contributed by atoms with Crippen molar-refractivity contribution >= 4 is 5.82 Å². The molecule has 5 heterocycles. The smallest absolute Gasteiger partial charge is 0.282 e. The van der Waals surface area contributed by atoms with Crippen LogP contribution in [0.2, 0.25) is 0 Å². The van der Waals surface area contributed by atoms with E-state index in [0.29, 0.717) is 65.8 Å². The summed E-state index contributed by atoms with van der Waals surface area (Å²) in [5.41, 5.74) is 2.53. The van der Waals surface area contributed by atoms with Crippen molar-refractivity contribution in [2.24, 2.45) is 17.3 Å². The van der Waals surface area contributed by atoms with E-state index >= 15 is 0 Å². The molecule has 1 spiro atoms. The Morgan fingerprint density at radius 1 is 1.00 bits per heavy atom. The SMILES string of the molecule is CC(C)[C@H](C1CC(N2CC[C@H](F)C2)C1)N1CC2(CCN(c3ncnnc3Oc3ccc(F)cc3-c3cncnc3C3CC3)C2)C1. The summed E-state index contributed by atoms with van der Waals surface area (Å²) in [6.07, 6.45) is 10.4. The Morgan fingerprint density at radius 3 is 2.60 bits per heavy atom. The van der Waals surface area contributed by atoms with E-state index in [4.69, 9.17) is 4.74 Å². The van der Waals surface area contributed by atoms with Gasteiger partial charge in [-0.15, -0.1) is 10.2 Å². The van der Waals surface area contributed by atoms with E-state index in [2.05, 4.69) is 53.7 Å². The molecule has 0 unspecified atom stereocenters. The Labute approximate surface area is 263 Å². The zero-order valence-electron chi connectivity index (χ0n) is 26.2. The molecule has 3 aliphatic heterocycles. The number of ether oxygens (including phenoxy) is 1. The van der Waals surface area contributed by atoms with E-state index < -0.39 is 6.17 Å². The van der Waals surface area contributed by atoms with E-state index in [1.807, 2.05) is 0 Å². The molecule has 0 radical (unpaired) electrons. The molecule has 2 aromatic heterocycles. The van der Waals surface area contributed by atoms with Crippen LogP contribution >= 0.6 is 0 Å². The number of nitrogens with zero attached hydrogens (tertiary/aromatic N) is 8. The molecule has 0 amide bonds. The number of rotatable bonds is 9. The number of hydrogen-bond acceptors (Lipinski definition) is 9. The number of likely N-dealkylation sites (tertiary alicyclic amines) is 2. The summed E-state index contributed by atoms with van der Waals surface area (Å²) in [6, 6.07) is 5.65. The molecule has 0 N–H and O–H groups in total. The first kappa shape index (κ1) is 29.1. The van der Waals surface area contributed by atoms with Crippen molar-refractivity contribution in [3.63, 3.8) is 0 Å². The second kappa shape index (κ2) is 11.5. The highest BCUT2D eigenvalue weighted by Gasteiger charge is 2.53. The molecule has 5 fully saturated rings. The molecule has 2 atom stereocenters. The lowest BCUT2D eigenvalue weighted by Crippen LogP contribution is -2.65. The maximum atomic E-state index is 14.5. The van der Waals surface area contributed by atoms with Gasteiger partial charge in [-0.25, -0.2) is 23.7 Å². The Balaban J connectivity index is 0.956. The summed E-state index contributed by atoms with van der Waals surface area (Å²) < 4.78 is 34.7. The van der Waals surface area contributed by atoms with Crippen LogP contribution in [0.5, 0.6) is 11.6 Å². The lowest BCUT2D eigenvalue weighted by atomic mass is 9.68. The number of aromatic nitrogens is 5. The summed E-state index contributed by atoms with van der Waals surface area (Å²) in [5, 5.41) is 8.39. The van der Waals surface area contributed by atoms with E-state index in [9.17, 15) is 8.78 Å². The van der Waals surface area contributed by atoms with Gasteiger partial charge in [0, 0.05) is 80.0 Å². The molecule has 0 bridgehead atoms. The highest BCUT2D eigenvalue weighted by molar-refractivity contribution is 5.73. The number of halogens is 2. The van der Waals surface area contributed by atoms with Gasteiger partial charge < -0.3 is 9.64 Å². The Bertz CT molecular complexity index is 1540. The molecule has 45 heavy (non-hydrogen) atoms. The first-order chi connectivity index (χ1) is 21.9. The van der Waals surface area contributed by atoms with Gasteiger partial charge in [-0.05, 0) is 68.6 Å². The molecule has 11 heteroatoms. The zero-order chi connectivity index (χ0) is 30.7. The maximum absolute atomic E-state index is 14.5. The van der Waals surface area contributed by atoms with Crippen molar-refractivity contribution in [1.82, 2.24) is 34.9 Å². The van der Waals surface area contributed by atoms with Gasteiger partial charge in [0.2, 0.25) is 0 Å². The highest BCUT2D eigenvalue weighted by atomic mass is 19.1. The molecular formula is C34H42F2N8O. The van der Waals surface area contributed by atoms with Gasteiger partial charge in [-0.2, -0.15) is 0 Å². The van der Waals surface area contributed by atoms with Crippen molar-refractivity contribution in [3.8, 4) is 22.8 Å². The monoisotopic (exact) mass is 616 g/mol. The van der Waals surface area contributed by atoms with Crippen LogP contribution in [0.25, 0.3) is 11.1 Å². The van der Waals surface area contributed by atoms with E-state index in [1.165, 1.54) is 31.3 Å². The van der Waals surface area contributed by atoms with Crippen LogP contribution in [0, 0.1) is 23.1 Å². The van der Waals surface area contributed by atoms with Gasteiger partial charge in [-0.1, -0.05) is 13.8 Å². The molecule has 2 aliphatic carbocycles. The standard InChI is InChI=1S/C34H42F2N8O/c1-21(2)31(23-11-26(12-23)42-9-7-25(36)15-42)44-17-34(18-44)8-10-43(16-34)32-33(41-40-20-39-32)45-29-6-5-24(35)13-27(29)28-14-37-19-38-30(28)22-3-4-22/h5-6,13-14,19-23,25-26,31H,3-4,7-12,15-18H2,1-2H3/t23?,25-,26?,31+/m0/s1. The molecule has 3 aromatic rings. The maximum Gasteiger partial charge on any atom is 0.282 e. The summed E-state index contributed by atoms with van der Waals surface area (Å²) >= 11 is 0. The molecule has 9 nitrogen and oxygen atoms in total. The fourth-order valence-electron chi connectivity index (χ4n) is 8.62. The number of alkyl halides is 1. The summed E-state index contributed by atoms with van der Waals surface area (Å²) in [4.78, 5) is 20.7. The second-order valence-electron chi connectivity index (χ2n) is 14.5. The third kappa shape index (κ3) is 5.56. The fourth-order valence-corrected chi connectivity index (χ4v) is 8.62. The topological polar surface area (TPSA) is 83.4 Å². The fraction of sp³-hybridized carbons (Fsp3) is 0.618. The van der Waals surface area contributed by atoms with Crippen LogP contribution in [0.3, 0.4) is 0 Å². The highest BCUT2D eigenvalue weighted by Crippen LogP contribution is 2.49. The quantitative estimate of drug-likeness (QED) is 0.310. The number of benzene rings is 1. The van der Waals surface area contributed by atoms with Gasteiger partial charge in [0.05, 0.1) is 5.69 Å². The lowest BCUT2D eigenvalue weighted by molar-refractivity contribution is -0.0785. The van der Waals surface area contributed by atoms with Gasteiger partial charge in [0.15, 0.2) is 5.82 Å². The van der Waals surface area contributed by atoms with Crippen LogP contribution in [0.15, 0.2) is 37.1 Å². The Kier molecular flexibility index (Phi) is 7.43. The summed E-state index contributed by atoms with van der Waals surface area (Å²) in [5.74, 6) is 2.77. The largest absolute Gasteiger partial charge is 0.434 e. The predicted molar refractivity (Wildman–Crippen MR) is 166 cm³/mol. The van der Waals surface area contributed by atoms with Crippen molar-refractivity contribution in [2.75, 3.05) is 44.2 Å². The third-order valence-electron chi connectivity index (χ3n) is 10.9. The van der Waals surface area contributed by atoms with Gasteiger partial charge >= 0.3 is 0 Å². The van der Waals surface area contributed by atoms with Crippen molar-refractivity contribution in [3.05, 3.63) is 48.6 Å². The Morgan fingerprint density at radius 2 is 1.84 bits per heavy atom. The minimum atomic E-state index is -0.641. The normalized spacial score (nSPS) is 27.1. The lowest BCUT2D eigenvalue weighted by Gasteiger charge is -2.57. The average molecular weight is 617 g/mol. The number of hydrogen-bond donors (Lipinski definition) is 0. The van der Waals surface area contributed by atoms with Gasteiger partial charge in [0.25, 0.3) is 5.88 Å². The van der Waals surface area contributed by atoms with Crippen molar-refractivity contribution in [2.45, 2.75) is 76.5 Å². The average Bonchev–Trinajstić information content (AvgIpc) is 3.61. The van der Waals surface area contributed by atoms with Crippen LogP contribution in [0.1, 0.15) is 64.0 Å². The molecule has 238 valence electrons. The summed E-state index contributed by atoms with van der Waals surface area (Å²) in [7, 11) is 0. The third-order valence-corrected chi connectivity index (χ3v) is 10.9. The van der Waals surface area contributed by atoms with Crippen molar-refractivity contribution < 1.29 is 13.5 Å². The van der Waals surface area contributed by atoms with Gasteiger partial charge in [-0.3, -0.25) is 9.80 Å². The first-order valence-electron chi connectivity index (χ1n) is 16.7. The van der Waals surface area contributed by atoms with E-state index in [1.54, 1.807) is 18.6 Å². The summed E-state index contributed by atoms with van der Waals surface area (Å²) in [6.45, 7) is 10.2. The molecule has 1 aromatic carbocycles. The first-order valence-corrected chi connectivity index (χ1v) is 16.7. The minimum absolute atomic E-state index is 0.219. The molecule has 3 saturated heterocycles. The van der Waals surface area contributed by atoms with E-state index in [-0.39, 0.29) is 11.2 Å². The Hall–Kier alpha value is -3.31. The predicted octanol–water partition coefficient (Wildman–Crippen LogP) is 5.50. The molecule has 8 rings (SSSR count). The second-order valence-corrected chi connectivity index (χ2v) is 14.5. The van der Waals surface area contributed by atoms with Crippen LogP contribution in [-0.2, 0) is 0 Å². The number of anilines is 1. The van der Waals surface area contributed by atoms with Crippen LogP contribution in [0.4, 0.5) is 14.6 Å². The molecular weight excluding hydrogens is 574 g/mol. The van der Waals surface area contributed by atoms with Gasteiger partial charge in [0.1, 0.15) is 30.4 Å². The zero-order valence-corrected chi connectivity index (χ0v) is 26.2.